The molecule has 7 nitrogen and oxygen atoms in total. The zero-order valence-corrected chi connectivity index (χ0v) is 16.0. The van der Waals surface area contributed by atoms with Crippen LogP contribution in [0, 0.1) is 12.8 Å². The molecule has 136 valence electrons. The van der Waals surface area contributed by atoms with Crippen LogP contribution in [0.3, 0.4) is 0 Å². The molecular formula is C17H19N5O2S2. The van der Waals surface area contributed by atoms with Crippen LogP contribution in [-0.4, -0.2) is 38.3 Å². The number of nitrogens with one attached hydrogen (secondary N) is 1. The van der Waals surface area contributed by atoms with Crippen molar-refractivity contribution in [2.24, 2.45) is 5.92 Å². The van der Waals surface area contributed by atoms with Gasteiger partial charge in [-0.3, -0.25) is 18.9 Å². The molecule has 0 spiro atoms. The number of fused-ring (bicyclic) bond motifs is 1. The highest BCUT2D eigenvalue weighted by Crippen LogP contribution is 2.21. The number of thiazole rings is 2. The monoisotopic (exact) mass is 389 g/mol. The van der Waals surface area contributed by atoms with Crippen molar-refractivity contribution in [2.75, 3.05) is 18.4 Å². The molecule has 1 saturated heterocycles. The Hall–Kier alpha value is -2.10. The van der Waals surface area contributed by atoms with E-state index in [4.69, 9.17) is 0 Å². The van der Waals surface area contributed by atoms with Gasteiger partial charge in [-0.2, -0.15) is 0 Å². The van der Waals surface area contributed by atoms with E-state index >= 15 is 0 Å². The molecule has 26 heavy (non-hydrogen) atoms. The molecule has 4 heterocycles. The molecule has 4 rings (SSSR count). The number of aryl methyl sites for hydroxylation is 1. The summed E-state index contributed by atoms with van der Waals surface area (Å²) in [5.41, 5.74) is 1.61. The van der Waals surface area contributed by atoms with Crippen LogP contribution in [0.1, 0.15) is 24.2 Å². The predicted molar refractivity (Wildman–Crippen MR) is 103 cm³/mol. The third-order valence-electron chi connectivity index (χ3n) is 4.47. The summed E-state index contributed by atoms with van der Waals surface area (Å²) in [6.45, 7) is 4.07. The summed E-state index contributed by atoms with van der Waals surface area (Å²) in [5.74, 6) is -0.0506. The highest BCUT2D eigenvalue weighted by molar-refractivity contribution is 7.15. The van der Waals surface area contributed by atoms with Gasteiger partial charge in [-0.25, -0.2) is 9.97 Å². The molecule has 1 atom stereocenters. The van der Waals surface area contributed by atoms with Gasteiger partial charge in [-0.1, -0.05) is 0 Å². The molecule has 1 amide bonds. The zero-order chi connectivity index (χ0) is 18.1. The van der Waals surface area contributed by atoms with Crippen molar-refractivity contribution in [3.8, 4) is 0 Å². The van der Waals surface area contributed by atoms with Gasteiger partial charge in [0.05, 0.1) is 17.3 Å². The lowest BCUT2D eigenvalue weighted by atomic mass is 9.97. The van der Waals surface area contributed by atoms with Gasteiger partial charge in [0.25, 0.3) is 5.56 Å². The predicted octanol–water partition coefficient (Wildman–Crippen LogP) is 2.37. The SMILES string of the molecule is Cc1csc(NC(=O)[C@@H]2CCCN(Cc3cc(=O)n4ccsc4n3)C2)n1. The molecular weight excluding hydrogens is 370 g/mol. The van der Waals surface area contributed by atoms with E-state index in [2.05, 4.69) is 20.2 Å². The first-order valence-corrected chi connectivity index (χ1v) is 10.3. The number of anilines is 1. The Kier molecular flexibility index (Phi) is 4.84. The lowest BCUT2D eigenvalue weighted by Crippen LogP contribution is -2.40. The molecule has 3 aromatic rings. The van der Waals surface area contributed by atoms with Crippen LogP contribution in [0.2, 0.25) is 0 Å². The van der Waals surface area contributed by atoms with E-state index in [-0.39, 0.29) is 17.4 Å². The number of carbonyl (C=O) groups is 1. The minimum atomic E-state index is -0.0699. The second-order valence-corrected chi connectivity index (χ2v) is 8.23. The van der Waals surface area contributed by atoms with Crippen LogP contribution in [-0.2, 0) is 11.3 Å². The standard InChI is InChI=1S/C17H19N5O2S2/c1-11-10-26-16(18-11)20-15(24)12-3-2-4-21(8-12)9-13-7-14(23)22-5-6-25-17(22)19-13/h5-7,10,12H,2-4,8-9H2,1H3,(H,18,20,24)/t12-/m1/s1. The van der Waals surface area contributed by atoms with Crippen molar-refractivity contribution < 1.29 is 4.79 Å². The topological polar surface area (TPSA) is 79.6 Å². The van der Waals surface area contributed by atoms with Crippen molar-refractivity contribution in [1.29, 1.82) is 0 Å². The number of nitrogens with zero attached hydrogens (tertiary/aromatic N) is 4. The first-order valence-electron chi connectivity index (χ1n) is 8.49. The first-order chi connectivity index (χ1) is 12.6. The largest absolute Gasteiger partial charge is 0.302 e. The van der Waals surface area contributed by atoms with Crippen molar-refractivity contribution in [1.82, 2.24) is 19.3 Å². The molecule has 0 aliphatic carbocycles. The van der Waals surface area contributed by atoms with Gasteiger partial charge in [0.1, 0.15) is 0 Å². The van der Waals surface area contributed by atoms with Crippen molar-refractivity contribution in [3.63, 3.8) is 0 Å². The molecule has 0 unspecified atom stereocenters. The molecule has 0 radical (unpaired) electrons. The molecule has 1 fully saturated rings. The van der Waals surface area contributed by atoms with E-state index in [0.717, 1.165) is 30.8 Å². The highest BCUT2D eigenvalue weighted by atomic mass is 32.1. The summed E-state index contributed by atoms with van der Waals surface area (Å²) in [5, 5.41) is 7.36. The van der Waals surface area contributed by atoms with Crippen LogP contribution in [0.25, 0.3) is 4.96 Å². The summed E-state index contributed by atoms with van der Waals surface area (Å²) in [6.07, 6.45) is 3.56. The van der Waals surface area contributed by atoms with E-state index < -0.39 is 0 Å². The number of carbonyl (C=O) groups excluding carboxylic acids is 1. The maximum absolute atomic E-state index is 12.5. The van der Waals surface area contributed by atoms with E-state index in [0.29, 0.717) is 23.2 Å². The fraction of sp³-hybridized carbons (Fsp3) is 0.412. The Morgan fingerprint density at radius 3 is 3.08 bits per heavy atom. The molecule has 0 bridgehead atoms. The second kappa shape index (κ2) is 7.26. The average molecular weight is 390 g/mol. The lowest BCUT2D eigenvalue weighted by Gasteiger charge is -2.31. The average Bonchev–Trinajstić information content (AvgIpc) is 3.24. The summed E-state index contributed by atoms with van der Waals surface area (Å²) >= 11 is 2.90. The zero-order valence-electron chi connectivity index (χ0n) is 14.3. The van der Waals surface area contributed by atoms with Crippen LogP contribution < -0.4 is 10.9 Å². The number of likely N-dealkylation sites (tertiary alicyclic amines) is 1. The fourth-order valence-corrected chi connectivity index (χ4v) is 4.66. The lowest BCUT2D eigenvalue weighted by molar-refractivity contribution is -0.121. The molecule has 0 saturated carbocycles. The van der Waals surface area contributed by atoms with Gasteiger partial charge >= 0.3 is 0 Å². The second-order valence-electron chi connectivity index (χ2n) is 6.50. The number of amides is 1. The van der Waals surface area contributed by atoms with Crippen LogP contribution in [0.5, 0.6) is 0 Å². The molecule has 1 aliphatic heterocycles. The van der Waals surface area contributed by atoms with Crippen molar-refractivity contribution in [3.05, 3.63) is 44.8 Å². The molecule has 9 heteroatoms. The quantitative estimate of drug-likeness (QED) is 0.741. The minimum absolute atomic E-state index is 0.0192. The Bertz CT molecular complexity index is 992. The molecule has 0 aromatic carbocycles. The summed E-state index contributed by atoms with van der Waals surface area (Å²) in [6, 6.07) is 1.59. The fourth-order valence-electron chi connectivity index (χ4n) is 3.23. The van der Waals surface area contributed by atoms with Gasteiger partial charge in [0.15, 0.2) is 10.1 Å². The van der Waals surface area contributed by atoms with Crippen LogP contribution in [0.4, 0.5) is 5.13 Å². The van der Waals surface area contributed by atoms with Gasteiger partial charge in [0, 0.05) is 36.1 Å². The van der Waals surface area contributed by atoms with E-state index in [1.54, 1.807) is 16.7 Å². The normalized spacial score (nSPS) is 18.3. The highest BCUT2D eigenvalue weighted by Gasteiger charge is 2.26. The molecule has 1 N–H and O–H groups in total. The van der Waals surface area contributed by atoms with E-state index in [1.165, 1.54) is 22.7 Å². The Balaban J connectivity index is 1.42. The third-order valence-corrected chi connectivity index (χ3v) is 6.10. The van der Waals surface area contributed by atoms with Gasteiger partial charge < -0.3 is 5.32 Å². The maximum atomic E-state index is 12.5. The molecule has 1 aliphatic rings. The van der Waals surface area contributed by atoms with E-state index in [9.17, 15) is 9.59 Å². The van der Waals surface area contributed by atoms with Crippen LogP contribution >= 0.6 is 22.7 Å². The van der Waals surface area contributed by atoms with Crippen molar-refractivity contribution >= 4 is 38.7 Å². The van der Waals surface area contributed by atoms with Crippen LogP contribution in [0.15, 0.2) is 27.8 Å². The minimum Gasteiger partial charge on any atom is -0.302 e. The number of aromatic nitrogens is 3. The Morgan fingerprint density at radius 2 is 2.27 bits per heavy atom. The van der Waals surface area contributed by atoms with E-state index in [1.807, 2.05) is 17.7 Å². The number of piperidine rings is 1. The Morgan fingerprint density at radius 1 is 1.38 bits per heavy atom. The summed E-state index contributed by atoms with van der Waals surface area (Å²) < 4.78 is 1.55. The number of hydrogen-bond donors (Lipinski definition) is 1. The smallest absolute Gasteiger partial charge is 0.258 e. The van der Waals surface area contributed by atoms with Gasteiger partial charge in [-0.15, -0.1) is 22.7 Å². The maximum Gasteiger partial charge on any atom is 0.258 e. The number of hydrogen-bond acceptors (Lipinski definition) is 7. The summed E-state index contributed by atoms with van der Waals surface area (Å²) in [7, 11) is 0. The summed E-state index contributed by atoms with van der Waals surface area (Å²) in [4.78, 5) is 36.4. The van der Waals surface area contributed by atoms with Gasteiger partial charge in [-0.05, 0) is 26.3 Å². The first kappa shape index (κ1) is 17.3. The number of rotatable bonds is 4. The molecule has 3 aromatic heterocycles. The third kappa shape index (κ3) is 3.69. The van der Waals surface area contributed by atoms with Gasteiger partial charge in [0.2, 0.25) is 5.91 Å². The Labute approximate surface area is 158 Å². The van der Waals surface area contributed by atoms with Crippen molar-refractivity contribution in [2.45, 2.75) is 26.3 Å².